The Hall–Kier alpha value is -2.54. The number of nitrogens with zero attached hydrogens (tertiary/aromatic N) is 1. The number of hydrogen-bond donors (Lipinski definition) is 2. The highest BCUT2D eigenvalue weighted by molar-refractivity contribution is 9.10. The van der Waals surface area contributed by atoms with Gasteiger partial charge in [0.05, 0.1) is 6.21 Å². The number of urea groups is 1. The van der Waals surface area contributed by atoms with Gasteiger partial charge in [-0.25, -0.2) is 10.2 Å². The standard InChI is InChI=1S/C16H16BrN3O3/c17-13-5-7-14(8-6-13)22-9-10-23-15-4-2-1-3-12(15)11-19-20-16(18)21/h1-8,11H,9-10H2,(H3,18,20,21)/b19-11+. The monoisotopic (exact) mass is 377 g/mol. The molecule has 0 aliphatic carbocycles. The van der Waals surface area contributed by atoms with Crippen LogP contribution in [0.3, 0.4) is 0 Å². The van der Waals surface area contributed by atoms with Crippen LogP contribution in [0.1, 0.15) is 5.56 Å². The Kier molecular flexibility index (Phi) is 6.43. The summed E-state index contributed by atoms with van der Waals surface area (Å²) in [6.07, 6.45) is 1.47. The third kappa shape index (κ3) is 5.99. The number of ether oxygens (including phenoxy) is 2. The molecule has 23 heavy (non-hydrogen) atoms. The van der Waals surface area contributed by atoms with Crippen LogP contribution in [0.15, 0.2) is 58.1 Å². The van der Waals surface area contributed by atoms with Gasteiger partial charge >= 0.3 is 6.03 Å². The highest BCUT2D eigenvalue weighted by Gasteiger charge is 2.01. The topological polar surface area (TPSA) is 85.9 Å². The van der Waals surface area contributed by atoms with Crippen molar-refractivity contribution in [2.24, 2.45) is 10.8 Å². The van der Waals surface area contributed by atoms with Crippen molar-refractivity contribution in [2.45, 2.75) is 0 Å². The first-order valence-corrected chi connectivity index (χ1v) is 7.63. The van der Waals surface area contributed by atoms with Gasteiger partial charge in [-0.2, -0.15) is 5.10 Å². The lowest BCUT2D eigenvalue weighted by atomic mass is 10.2. The van der Waals surface area contributed by atoms with Crippen molar-refractivity contribution < 1.29 is 14.3 Å². The SMILES string of the molecule is NC(=O)N/N=C/c1ccccc1OCCOc1ccc(Br)cc1. The Morgan fingerprint density at radius 1 is 1.13 bits per heavy atom. The van der Waals surface area contributed by atoms with Crippen molar-refractivity contribution >= 4 is 28.2 Å². The summed E-state index contributed by atoms with van der Waals surface area (Å²) in [6.45, 7) is 0.789. The summed E-state index contributed by atoms with van der Waals surface area (Å²) >= 11 is 3.37. The van der Waals surface area contributed by atoms with Crippen LogP contribution < -0.4 is 20.6 Å². The first-order chi connectivity index (χ1) is 11.1. The number of amides is 2. The molecule has 120 valence electrons. The number of primary amides is 1. The van der Waals surface area contributed by atoms with E-state index in [9.17, 15) is 4.79 Å². The molecule has 3 N–H and O–H groups in total. The van der Waals surface area contributed by atoms with Crippen LogP contribution in [0.25, 0.3) is 0 Å². The normalized spacial score (nSPS) is 10.5. The van der Waals surface area contributed by atoms with Crippen molar-refractivity contribution in [3.63, 3.8) is 0 Å². The molecule has 0 aromatic heterocycles. The van der Waals surface area contributed by atoms with Gasteiger partial charge in [0.15, 0.2) is 0 Å². The van der Waals surface area contributed by atoms with Crippen LogP contribution in [0.5, 0.6) is 11.5 Å². The highest BCUT2D eigenvalue weighted by Crippen LogP contribution is 2.17. The molecule has 0 spiro atoms. The molecule has 2 rings (SSSR count). The number of nitrogens with two attached hydrogens (primary N) is 1. The van der Waals surface area contributed by atoms with E-state index in [2.05, 4.69) is 26.5 Å². The summed E-state index contributed by atoms with van der Waals surface area (Å²) in [5, 5.41) is 3.72. The van der Waals surface area contributed by atoms with E-state index in [4.69, 9.17) is 15.2 Å². The van der Waals surface area contributed by atoms with Crippen molar-refractivity contribution in [3.05, 3.63) is 58.6 Å². The number of hydrogen-bond acceptors (Lipinski definition) is 4. The summed E-state index contributed by atoms with van der Waals surface area (Å²) in [7, 11) is 0. The first-order valence-electron chi connectivity index (χ1n) is 6.84. The molecule has 0 heterocycles. The molecule has 7 heteroatoms. The lowest BCUT2D eigenvalue weighted by molar-refractivity contribution is 0.217. The second kappa shape index (κ2) is 8.79. The molecule has 2 aromatic rings. The van der Waals surface area contributed by atoms with E-state index in [1.54, 1.807) is 0 Å². The maximum absolute atomic E-state index is 10.6. The number of carbonyl (C=O) groups is 1. The number of nitrogens with one attached hydrogen (secondary N) is 1. The molecule has 0 saturated carbocycles. The van der Waals surface area contributed by atoms with E-state index in [1.807, 2.05) is 48.5 Å². The molecule has 0 fully saturated rings. The van der Waals surface area contributed by atoms with Crippen LogP contribution in [0, 0.1) is 0 Å². The quantitative estimate of drug-likeness (QED) is 0.441. The molecule has 0 aliphatic heterocycles. The number of carbonyl (C=O) groups excluding carboxylic acids is 1. The molecular weight excluding hydrogens is 362 g/mol. The van der Waals surface area contributed by atoms with E-state index >= 15 is 0 Å². The Morgan fingerprint density at radius 3 is 2.57 bits per heavy atom. The van der Waals surface area contributed by atoms with Gasteiger partial charge in [0.2, 0.25) is 0 Å². The van der Waals surface area contributed by atoms with Crippen LogP contribution in [0.2, 0.25) is 0 Å². The molecule has 2 aromatic carbocycles. The summed E-state index contributed by atoms with van der Waals surface area (Å²) in [5.74, 6) is 1.42. The summed E-state index contributed by atoms with van der Waals surface area (Å²) < 4.78 is 12.3. The fourth-order valence-electron chi connectivity index (χ4n) is 1.73. The lowest BCUT2D eigenvalue weighted by Crippen LogP contribution is -2.24. The largest absolute Gasteiger partial charge is 0.490 e. The maximum atomic E-state index is 10.6. The number of para-hydroxylation sites is 1. The Labute approximate surface area is 142 Å². The van der Waals surface area contributed by atoms with Crippen molar-refractivity contribution in [3.8, 4) is 11.5 Å². The maximum Gasteiger partial charge on any atom is 0.332 e. The average Bonchev–Trinajstić information content (AvgIpc) is 2.54. The van der Waals surface area contributed by atoms with Crippen LogP contribution >= 0.6 is 15.9 Å². The second-order valence-corrected chi connectivity index (χ2v) is 5.34. The lowest BCUT2D eigenvalue weighted by Gasteiger charge is -2.10. The average molecular weight is 378 g/mol. The van der Waals surface area contributed by atoms with Gasteiger partial charge in [0.1, 0.15) is 24.7 Å². The van der Waals surface area contributed by atoms with E-state index in [-0.39, 0.29) is 0 Å². The van der Waals surface area contributed by atoms with Gasteiger partial charge < -0.3 is 15.2 Å². The minimum absolute atomic E-state index is 0.379. The third-order valence-electron chi connectivity index (χ3n) is 2.72. The molecule has 0 atom stereocenters. The molecule has 0 aliphatic rings. The van der Waals surface area contributed by atoms with Gasteiger partial charge in [0, 0.05) is 10.0 Å². The van der Waals surface area contributed by atoms with E-state index < -0.39 is 6.03 Å². The van der Waals surface area contributed by atoms with Gasteiger partial charge in [-0.1, -0.05) is 28.1 Å². The van der Waals surface area contributed by atoms with E-state index in [0.29, 0.717) is 19.0 Å². The molecule has 0 radical (unpaired) electrons. The Balaban J connectivity index is 1.84. The van der Waals surface area contributed by atoms with Gasteiger partial charge in [-0.15, -0.1) is 0 Å². The van der Waals surface area contributed by atoms with Gasteiger partial charge in [-0.05, 0) is 36.4 Å². The van der Waals surface area contributed by atoms with Crippen molar-refractivity contribution in [1.29, 1.82) is 0 Å². The summed E-state index contributed by atoms with van der Waals surface area (Å²) in [5.41, 5.74) is 7.81. The third-order valence-corrected chi connectivity index (χ3v) is 3.25. The fraction of sp³-hybridized carbons (Fsp3) is 0.125. The number of hydrazone groups is 1. The fourth-order valence-corrected chi connectivity index (χ4v) is 1.99. The Morgan fingerprint density at radius 2 is 1.83 bits per heavy atom. The summed E-state index contributed by atoms with van der Waals surface area (Å²) in [6, 6.07) is 14.2. The van der Waals surface area contributed by atoms with Crippen LogP contribution in [0.4, 0.5) is 4.79 Å². The molecule has 2 amide bonds. The van der Waals surface area contributed by atoms with Crippen molar-refractivity contribution in [1.82, 2.24) is 5.43 Å². The number of halogens is 1. The molecular formula is C16H16BrN3O3. The molecule has 6 nitrogen and oxygen atoms in total. The zero-order valence-electron chi connectivity index (χ0n) is 12.2. The van der Waals surface area contributed by atoms with Crippen molar-refractivity contribution in [2.75, 3.05) is 13.2 Å². The molecule has 0 bridgehead atoms. The van der Waals surface area contributed by atoms with Gasteiger partial charge in [0.25, 0.3) is 0 Å². The predicted octanol–water partition coefficient (Wildman–Crippen LogP) is 2.91. The predicted molar refractivity (Wildman–Crippen MR) is 91.9 cm³/mol. The van der Waals surface area contributed by atoms with E-state index in [1.165, 1.54) is 6.21 Å². The first kappa shape index (κ1) is 16.8. The van der Waals surface area contributed by atoms with Crippen LogP contribution in [-0.2, 0) is 0 Å². The minimum Gasteiger partial charge on any atom is -0.490 e. The smallest absolute Gasteiger partial charge is 0.332 e. The summed E-state index contributed by atoms with van der Waals surface area (Å²) in [4.78, 5) is 10.6. The number of rotatable bonds is 7. The van der Waals surface area contributed by atoms with E-state index in [0.717, 1.165) is 15.8 Å². The molecule has 0 unspecified atom stereocenters. The van der Waals surface area contributed by atoms with Crippen LogP contribution in [-0.4, -0.2) is 25.5 Å². The highest BCUT2D eigenvalue weighted by atomic mass is 79.9. The Bertz CT molecular complexity index is 675. The second-order valence-electron chi connectivity index (χ2n) is 4.42. The number of benzene rings is 2. The zero-order valence-corrected chi connectivity index (χ0v) is 13.8. The van der Waals surface area contributed by atoms with Gasteiger partial charge in [-0.3, -0.25) is 0 Å². The zero-order chi connectivity index (χ0) is 16.5. The minimum atomic E-state index is -0.720. The molecule has 0 saturated heterocycles.